The van der Waals surface area contributed by atoms with Crippen molar-refractivity contribution in [2.24, 2.45) is 0 Å². The van der Waals surface area contributed by atoms with Crippen LogP contribution in [0.15, 0.2) is 42.6 Å². The third-order valence-corrected chi connectivity index (χ3v) is 6.48. The van der Waals surface area contributed by atoms with Crippen molar-refractivity contribution < 1.29 is 4.74 Å². The van der Waals surface area contributed by atoms with E-state index in [0.717, 1.165) is 33.4 Å². The van der Waals surface area contributed by atoms with E-state index >= 15 is 0 Å². The molecule has 2 aromatic heterocycles. The highest BCUT2D eigenvalue weighted by atomic mass is 16.5. The second-order valence-electron chi connectivity index (χ2n) is 10.8. The molecule has 0 spiro atoms. The van der Waals surface area contributed by atoms with Crippen LogP contribution in [0.4, 0.5) is 0 Å². The summed E-state index contributed by atoms with van der Waals surface area (Å²) in [6.45, 7) is 16.3. The van der Waals surface area contributed by atoms with E-state index < -0.39 is 0 Å². The number of para-hydroxylation sites is 1. The Morgan fingerprint density at radius 2 is 1.65 bits per heavy atom. The molecule has 0 saturated carbocycles. The Kier molecular flexibility index (Phi) is 4.21. The number of nitrogens with zero attached hydrogens (tertiary/aromatic N) is 2. The Morgan fingerprint density at radius 1 is 0.903 bits per heavy atom. The van der Waals surface area contributed by atoms with Crippen molar-refractivity contribution in [3.63, 3.8) is 0 Å². The molecule has 0 saturated heterocycles. The fourth-order valence-electron chi connectivity index (χ4n) is 4.62. The Hall–Kier alpha value is -2.94. The first-order valence-corrected chi connectivity index (χ1v) is 11.0. The van der Waals surface area contributed by atoms with Crippen LogP contribution < -0.4 is 4.74 Å². The first-order chi connectivity index (χ1) is 14.6. The maximum absolute atomic E-state index is 6.46. The van der Waals surface area contributed by atoms with E-state index in [2.05, 4.69) is 83.8 Å². The smallest absolute Gasteiger partial charge is 0.132 e. The van der Waals surface area contributed by atoms with Gasteiger partial charge in [-0.25, -0.2) is 4.98 Å². The summed E-state index contributed by atoms with van der Waals surface area (Å²) in [5.74, 6) is 0.980. The molecular weight excluding hydrogens is 380 g/mol. The number of hydrogen-bond donors (Lipinski definition) is 0. The summed E-state index contributed by atoms with van der Waals surface area (Å²) in [5, 5.41) is 2.33. The van der Waals surface area contributed by atoms with Gasteiger partial charge in [-0.2, -0.15) is 0 Å². The number of rotatable bonds is 0. The summed E-state index contributed by atoms with van der Waals surface area (Å²) in [6.07, 6.45) is 1.92. The van der Waals surface area contributed by atoms with E-state index in [0.29, 0.717) is 6.61 Å². The fourth-order valence-corrected chi connectivity index (χ4v) is 4.62. The van der Waals surface area contributed by atoms with Gasteiger partial charge in [0.2, 0.25) is 0 Å². The number of pyridine rings is 2. The average Bonchev–Trinajstić information content (AvgIpc) is 2.71. The van der Waals surface area contributed by atoms with Crippen molar-refractivity contribution in [2.45, 2.75) is 65.9 Å². The van der Waals surface area contributed by atoms with Crippen molar-refractivity contribution in [1.29, 1.82) is 0 Å². The summed E-state index contributed by atoms with van der Waals surface area (Å²) in [5.41, 5.74) is 9.09. The minimum Gasteiger partial charge on any atom is -0.488 e. The topological polar surface area (TPSA) is 35.0 Å². The third kappa shape index (κ3) is 3.10. The monoisotopic (exact) mass is 410 g/mol. The highest BCUT2D eigenvalue weighted by Crippen LogP contribution is 2.47. The molecule has 0 amide bonds. The zero-order chi connectivity index (χ0) is 22.1. The van der Waals surface area contributed by atoms with Gasteiger partial charge in [-0.1, -0.05) is 65.8 Å². The Morgan fingerprint density at radius 3 is 2.35 bits per heavy atom. The Balaban J connectivity index is 1.87. The van der Waals surface area contributed by atoms with Gasteiger partial charge in [0.15, 0.2) is 0 Å². The highest BCUT2D eigenvalue weighted by molar-refractivity contribution is 6.07. The number of benzene rings is 2. The molecule has 3 heterocycles. The maximum Gasteiger partial charge on any atom is 0.132 e. The van der Waals surface area contributed by atoms with Crippen LogP contribution in [0, 0.1) is 6.92 Å². The minimum atomic E-state index is -0.0213. The third-order valence-electron chi connectivity index (χ3n) is 6.48. The van der Waals surface area contributed by atoms with E-state index in [4.69, 9.17) is 9.72 Å². The Bertz CT molecular complexity index is 1350. The summed E-state index contributed by atoms with van der Waals surface area (Å²) in [7, 11) is 0. The predicted molar refractivity (Wildman–Crippen MR) is 129 cm³/mol. The van der Waals surface area contributed by atoms with Gasteiger partial charge in [0.1, 0.15) is 12.4 Å². The lowest BCUT2D eigenvalue weighted by Gasteiger charge is -2.32. The number of ether oxygens (including phenoxy) is 1. The lowest BCUT2D eigenvalue weighted by Crippen LogP contribution is -2.21. The summed E-state index contributed by atoms with van der Waals surface area (Å²) >= 11 is 0. The zero-order valence-corrected chi connectivity index (χ0v) is 19.6. The molecule has 0 unspecified atom stereocenters. The number of aromatic nitrogens is 2. The zero-order valence-electron chi connectivity index (χ0n) is 19.6. The molecule has 5 rings (SSSR count). The largest absolute Gasteiger partial charge is 0.488 e. The molecule has 4 aromatic rings. The van der Waals surface area contributed by atoms with Crippen LogP contribution in [-0.4, -0.2) is 9.97 Å². The molecule has 1 aliphatic heterocycles. The summed E-state index contributed by atoms with van der Waals surface area (Å²) in [6, 6.07) is 12.9. The second kappa shape index (κ2) is 6.53. The van der Waals surface area contributed by atoms with Gasteiger partial charge in [-0.3, -0.25) is 4.98 Å². The second-order valence-corrected chi connectivity index (χ2v) is 10.8. The Labute approximate surface area is 184 Å². The van der Waals surface area contributed by atoms with Gasteiger partial charge in [0, 0.05) is 27.5 Å². The van der Waals surface area contributed by atoms with Gasteiger partial charge >= 0.3 is 0 Å². The van der Waals surface area contributed by atoms with Crippen LogP contribution in [0.2, 0.25) is 0 Å². The molecule has 0 atom stereocenters. The van der Waals surface area contributed by atoms with Crippen LogP contribution in [-0.2, 0) is 17.4 Å². The lowest BCUT2D eigenvalue weighted by atomic mass is 9.77. The number of fused-ring (bicyclic) bond motifs is 6. The van der Waals surface area contributed by atoms with Crippen molar-refractivity contribution in [1.82, 2.24) is 9.97 Å². The molecule has 158 valence electrons. The van der Waals surface area contributed by atoms with E-state index in [-0.39, 0.29) is 10.8 Å². The van der Waals surface area contributed by atoms with E-state index in [1.54, 1.807) is 0 Å². The minimum absolute atomic E-state index is 0.0213. The van der Waals surface area contributed by atoms with Crippen molar-refractivity contribution >= 4 is 21.8 Å². The van der Waals surface area contributed by atoms with E-state index in [1.807, 2.05) is 12.3 Å². The van der Waals surface area contributed by atoms with Crippen molar-refractivity contribution in [3.8, 4) is 17.0 Å². The van der Waals surface area contributed by atoms with Gasteiger partial charge in [0.05, 0.1) is 22.9 Å². The standard InChI is InChI=1S/C28H30N2O/c1-16-20-15-31-26-19(12-17(27(2,3)4)13-21(26)28(5,6)7)25(20)30-23-14-29-22-11-9-8-10-18(22)24(16)23/h8-14H,15H2,1-7H3. The van der Waals surface area contributed by atoms with Crippen LogP contribution >= 0.6 is 0 Å². The van der Waals surface area contributed by atoms with Crippen LogP contribution in [0.3, 0.4) is 0 Å². The van der Waals surface area contributed by atoms with Gasteiger partial charge < -0.3 is 4.74 Å². The molecule has 0 N–H and O–H groups in total. The predicted octanol–water partition coefficient (Wildman–Crippen LogP) is 7.25. The molecule has 0 bridgehead atoms. The van der Waals surface area contributed by atoms with Crippen LogP contribution in [0.1, 0.15) is 63.8 Å². The SMILES string of the molecule is Cc1c2c(nc3cnc4ccccc4c13)-c1cc(C(C)(C)C)cc(C(C)(C)C)c1OC2. The highest BCUT2D eigenvalue weighted by Gasteiger charge is 2.31. The number of hydrogen-bond acceptors (Lipinski definition) is 3. The number of aryl methyl sites for hydroxylation is 1. The molecule has 0 aliphatic carbocycles. The van der Waals surface area contributed by atoms with Crippen LogP contribution in [0.5, 0.6) is 5.75 Å². The normalized spacial score (nSPS) is 13.8. The molecule has 2 aromatic carbocycles. The molecule has 3 nitrogen and oxygen atoms in total. The fraction of sp³-hybridized carbons (Fsp3) is 0.357. The lowest BCUT2D eigenvalue weighted by molar-refractivity contribution is 0.292. The van der Waals surface area contributed by atoms with Crippen molar-refractivity contribution in [2.75, 3.05) is 0 Å². The molecule has 3 heteroatoms. The maximum atomic E-state index is 6.46. The average molecular weight is 411 g/mol. The molecule has 0 radical (unpaired) electrons. The van der Waals surface area contributed by atoms with E-state index in [1.165, 1.54) is 27.6 Å². The molecule has 0 fully saturated rings. The molecular formula is C28H30N2O. The first-order valence-electron chi connectivity index (χ1n) is 11.0. The van der Waals surface area contributed by atoms with Crippen LogP contribution in [0.25, 0.3) is 33.1 Å². The van der Waals surface area contributed by atoms with Crippen molar-refractivity contribution in [3.05, 3.63) is 64.8 Å². The summed E-state index contributed by atoms with van der Waals surface area (Å²) in [4.78, 5) is 9.85. The molecule has 31 heavy (non-hydrogen) atoms. The van der Waals surface area contributed by atoms with Gasteiger partial charge in [-0.15, -0.1) is 0 Å². The summed E-state index contributed by atoms with van der Waals surface area (Å²) < 4.78 is 6.46. The molecule has 1 aliphatic rings. The van der Waals surface area contributed by atoms with E-state index in [9.17, 15) is 0 Å². The quantitative estimate of drug-likeness (QED) is 0.286. The van der Waals surface area contributed by atoms with Gasteiger partial charge in [-0.05, 0) is 41.0 Å². The van der Waals surface area contributed by atoms with Gasteiger partial charge in [0.25, 0.3) is 0 Å². The first kappa shape index (κ1) is 20.0.